The molecule has 96 valence electrons. The monoisotopic (exact) mass is 245 g/mol. The number of rotatable bonds is 7. The molecule has 0 spiro atoms. The van der Waals surface area contributed by atoms with E-state index in [0.717, 1.165) is 6.92 Å². The highest BCUT2D eigenvalue weighted by molar-refractivity contribution is 5.86. The fourth-order valence-electron chi connectivity index (χ4n) is 1.01. The van der Waals surface area contributed by atoms with Crippen molar-refractivity contribution in [2.75, 3.05) is 6.61 Å². The zero-order valence-electron chi connectivity index (χ0n) is 9.69. The van der Waals surface area contributed by atoms with Crippen LogP contribution in [-0.2, 0) is 23.9 Å². The second-order valence-electron chi connectivity index (χ2n) is 3.48. The predicted octanol–water partition coefficient (Wildman–Crippen LogP) is -0.512. The van der Waals surface area contributed by atoms with E-state index in [9.17, 15) is 19.2 Å². The Kier molecular flexibility index (Phi) is 6.54. The molecule has 0 saturated heterocycles. The minimum absolute atomic E-state index is 0.0104. The van der Waals surface area contributed by atoms with Crippen molar-refractivity contribution in [2.24, 2.45) is 0 Å². The molecule has 0 fully saturated rings. The summed E-state index contributed by atoms with van der Waals surface area (Å²) < 4.78 is 4.40. The van der Waals surface area contributed by atoms with Crippen LogP contribution in [0.15, 0.2) is 0 Å². The van der Waals surface area contributed by atoms with Gasteiger partial charge >= 0.3 is 11.9 Å². The molecule has 0 aromatic rings. The van der Waals surface area contributed by atoms with E-state index in [1.807, 2.05) is 0 Å². The molecule has 0 aliphatic rings. The molecule has 0 saturated carbocycles. The number of hydrogen-bond acceptors (Lipinski definition) is 5. The van der Waals surface area contributed by atoms with Crippen LogP contribution in [0.5, 0.6) is 0 Å². The maximum atomic E-state index is 11.2. The predicted molar refractivity (Wildman–Crippen MR) is 56.1 cm³/mol. The number of carbonyl (C=O) groups excluding carboxylic acids is 3. The molecule has 0 aliphatic heterocycles. The molecule has 7 nitrogen and oxygen atoms in total. The average molecular weight is 245 g/mol. The van der Waals surface area contributed by atoms with Crippen molar-refractivity contribution >= 4 is 23.6 Å². The van der Waals surface area contributed by atoms with E-state index >= 15 is 0 Å². The van der Waals surface area contributed by atoms with E-state index in [1.165, 1.54) is 6.92 Å². The third-order valence-corrected chi connectivity index (χ3v) is 1.82. The number of ketones is 1. The van der Waals surface area contributed by atoms with E-state index in [2.05, 4.69) is 10.1 Å². The number of carboxylic acids is 1. The summed E-state index contributed by atoms with van der Waals surface area (Å²) in [6, 6.07) is -1.15. The van der Waals surface area contributed by atoms with Crippen LogP contribution >= 0.6 is 0 Å². The van der Waals surface area contributed by atoms with Crippen molar-refractivity contribution in [3.05, 3.63) is 0 Å². The van der Waals surface area contributed by atoms with Gasteiger partial charge in [-0.3, -0.25) is 9.59 Å². The fourth-order valence-corrected chi connectivity index (χ4v) is 1.01. The van der Waals surface area contributed by atoms with E-state index in [4.69, 9.17) is 5.11 Å². The summed E-state index contributed by atoms with van der Waals surface area (Å²) in [5, 5.41) is 10.9. The van der Waals surface area contributed by atoms with Crippen molar-refractivity contribution in [3.63, 3.8) is 0 Å². The van der Waals surface area contributed by atoms with E-state index in [0.29, 0.717) is 0 Å². The van der Waals surface area contributed by atoms with Crippen LogP contribution in [0.3, 0.4) is 0 Å². The lowest BCUT2D eigenvalue weighted by Gasteiger charge is -2.13. The Morgan fingerprint density at radius 3 is 2.24 bits per heavy atom. The molecule has 1 amide bonds. The summed E-state index contributed by atoms with van der Waals surface area (Å²) in [4.78, 5) is 43.0. The highest BCUT2D eigenvalue weighted by atomic mass is 16.5. The van der Waals surface area contributed by atoms with Gasteiger partial charge in [-0.15, -0.1) is 0 Å². The molecule has 0 rings (SSSR count). The van der Waals surface area contributed by atoms with E-state index < -0.39 is 30.5 Å². The van der Waals surface area contributed by atoms with Gasteiger partial charge in [0.25, 0.3) is 5.91 Å². The molecule has 0 aromatic heterocycles. The first-order valence-electron chi connectivity index (χ1n) is 4.98. The van der Waals surface area contributed by atoms with Gasteiger partial charge in [-0.25, -0.2) is 4.79 Å². The summed E-state index contributed by atoms with van der Waals surface area (Å²) in [6.07, 6.45) is 0.0707. The number of nitrogens with one attached hydrogen (secondary N) is 1. The van der Waals surface area contributed by atoms with Gasteiger partial charge < -0.3 is 20.0 Å². The molecule has 0 aliphatic carbocycles. The van der Waals surface area contributed by atoms with Gasteiger partial charge in [-0.1, -0.05) is 0 Å². The lowest BCUT2D eigenvalue weighted by molar-refractivity contribution is -0.148. The molecule has 2 N–H and O–H groups in total. The van der Waals surface area contributed by atoms with E-state index in [-0.39, 0.29) is 18.6 Å². The Morgan fingerprint density at radius 2 is 1.82 bits per heavy atom. The largest absolute Gasteiger partial charge is 0.480 e. The topological polar surface area (TPSA) is 110 Å². The molecule has 0 radical (unpaired) electrons. The van der Waals surface area contributed by atoms with Crippen molar-refractivity contribution in [1.82, 2.24) is 5.32 Å². The van der Waals surface area contributed by atoms with Crippen LogP contribution in [0.1, 0.15) is 26.7 Å². The van der Waals surface area contributed by atoms with Crippen LogP contribution < -0.4 is 5.32 Å². The van der Waals surface area contributed by atoms with E-state index in [1.54, 1.807) is 0 Å². The molecule has 0 aromatic carbocycles. The number of aliphatic carboxylic acids is 1. The third kappa shape index (κ3) is 7.95. The first-order valence-corrected chi connectivity index (χ1v) is 4.98. The number of carboxylic acid groups (broad SMARTS) is 1. The molecular formula is C10H15NO6. The highest BCUT2D eigenvalue weighted by Crippen LogP contribution is 1.99. The normalized spacial score (nSPS) is 11.4. The highest BCUT2D eigenvalue weighted by Gasteiger charge is 2.20. The van der Waals surface area contributed by atoms with Gasteiger partial charge in [0.15, 0.2) is 6.61 Å². The maximum Gasteiger partial charge on any atom is 0.326 e. The van der Waals surface area contributed by atoms with Crippen LogP contribution in [0.25, 0.3) is 0 Å². The number of esters is 1. The average Bonchev–Trinajstić information content (AvgIpc) is 2.20. The second kappa shape index (κ2) is 7.37. The molecular weight excluding hydrogens is 230 g/mol. The third-order valence-electron chi connectivity index (χ3n) is 1.82. The van der Waals surface area contributed by atoms with Crippen LogP contribution in [0.2, 0.25) is 0 Å². The van der Waals surface area contributed by atoms with Crippen LogP contribution in [0, 0.1) is 0 Å². The zero-order chi connectivity index (χ0) is 13.4. The number of Topliss-reactive ketones (excluding diaryl/α,β-unsaturated/α-hetero) is 1. The molecule has 0 bridgehead atoms. The van der Waals surface area contributed by atoms with Gasteiger partial charge in [-0.2, -0.15) is 0 Å². The van der Waals surface area contributed by atoms with Crippen molar-refractivity contribution in [3.8, 4) is 0 Å². The van der Waals surface area contributed by atoms with Gasteiger partial charge in [-0.05, 0) is 13.3 Å². The Morgan fingerprint density at radius 1 is 1.24 bits per heavy atom. The second-order valence-corrected chi connectivity index (χ2v) is 3.48. The molecule has 0 unspecified atom stereocenters. The Hall–Kier alpha value is -1.92. The van der Waals surface area contributed by atoms with Gasteiger partial charge in [0.1, 0.15) is 11.8 Å². The van der Waals surface area contributed by atoms with Crippen LogP contribution in [0.4, 0.5) is 0 Å². The molecule has 0 heterocycles. The summed E-state index contributed by atoms with van der Waals surface area (Å²) in [5.74, 6) is -2.74. The molecule has 1 atom stereocenters. The summed E-state index contributed by atoms with van der Waals surface area (Å²) in [7, 11) is 0. The fraction of sp³-hybridized carbons (Fsp3) is 0.600. The quantitative estimate of drug-likeness (QED) is 0.584. The van der Waals surface area contributed by atoms with Crippen molar-refractivity contribution < 1.29 is 29.0 Å². The van der Waals surface area contributed by atoms with Gasteiger partial charge in [0.2, 0.25) is 0 Å². The number of ether oxygens (including phenoxy) is 1. The Labute approximate surface area is 98.1 Å². The first kappa shape index (κ1) is 15.1. The summed E-state index contributed by atoms with van der Waals surface area (Å²) in [6.45, 7) is 1.94. The minimum Gasteiger partial charge on any atom is -0.480 e. The first-order chi connectivity index (χ1) is 7.82. The zero-order valence-corrected chi connectivity index (χ0v) is 9.69. The maximum absolute atomic E-state index is 11.2. The van der Waals surface area contributed by atoms with Crippen molar-refractivity contribution in [1.29, 1.82) is 0 Å². The van der Waals surface area contributed by atoms with Crippen molar-refractivity contribution in [2.45, 2.75) is 32.7 Å². The smallest absolute Gasteiger partial charge is 0.326 e. The minimum atomic E-state index is -1.23. The van der Waals surface area contributed by atoms with Gasteiger partial charge in [0, 0.05) is 13.3 Å². The number of amides is 1. The Bertz CT molecular complexity index is 325. The standard InChI is InChI=1S/C10H15NO6/c1-6(12)3-4-8(10(15)16)11-9(14)5-17-7(2)13/h8H,3-5H2,1-2H3,(H,11,14)(H,15,16)/t8-/m0/s1. The number of carbonyl (C=O) groups is 4. The van der Waals surface area contributed by atoms with Crippen LogP contribution in [-0.4, -0.2) is 41.4 Å². The lowest BCUT2D eigenvalue weighted by atomic mass is 10.1. The lowest BCUT2D eigenvalue weighted by Crippen LogP contribution is -2.42. The number of hydrogen-bond donors (Lipinski definition) is 2. The Balaban J connectivity index is 4.15. The molecule has 7 heteroatoms. The SMILES string of the molecule is CC(=O)CC[C@H](NC(=O)COC(C)=O)C(=O)O. The summed E-state index contributed by atoms with van der Waals surface area (Å²) >= 11 is 0. The van der Waals surface area contributed by atoms with Gasteiger partial charge in [0.05, 0.1) is 0 Å². The molecule has 17 heavy (non-hydrogen) atoms. The summed E-state index contributed by atoms with van der Waals surface area (Å²) in [5.41, 5.74) is 0.